The van der Waals surface area contributed by atoms with Crippen LogP contribution in [0.3, 0.4) is 0 Å². The van der Waals surface area contributed by atoms with Crippen LogP contribution in [-0.2, 0) is 32.4 Å². The van der Waals surface area contributed by atoms with Crippen LogP contribution in [0, 0.1) is 0 Å². The lowest BCUT2D eigenvalue weighted by Crippen LogP contribution is -2.26. The van der Waals surface area contributed by atoms with E-state index in [0.717, 1.165) is 25.7 Å². The van der Waals surface area contributed by atoms with E-state index in [2.05, 4.69) is 0 Å². The van der Waals surface area contributed by atoms with Crippen molar-refractivity contribution >= 4 is 21.8 Å². The maximum absolute atomic E-state index is 12.4. The predicted octanol–water partition coefficient (Wildman–Crippen LogP) is 2.79. The number of fused-ring (bicyclic) bond motifs is 1. The molecule has 0 heterocycles. The third-order valence-corrected chi connectivity index (χ3v) is 6.64. The summed E-state index contributed by atoms with van der Waals surface area (Å²) in [6, 6.07) is 11.0. The Labute approximate surface area is 170 Å². The Balaban J connectivity index is 1.68. The second-order valence-corrected chi connectivity index (χ2v) is 8.75. The number of carbonyl (C=O) groups is 2. The van der Waals surface area contributed by atoms with Gasteiger partial charge in [0.2, 0.25) is 0 Å². The fourth-order valence-electron chi connectivity index (χ4n) is 3.23. The van der Waals surface area contributed by atoms with Crippen molar-refractivity contribution in [3.8, 4) is 0 Å². The Morgan fingerprint density at radius 1 is 1.00 bits per heavy atom. The molecule has 2 aromatic carbocycles. The van der Waals surface area contributed by atoms with Gasteiger partial charge in [0.15, 0.2) is 12.4 Å². The average Bonchev–Trinajstić information content (AvgIpc) is 2.76. The van der Waals surface area contributed by atoms with Gasteiger partial charge in [-0.3, -0.25) is 9.63 Å². The number of ether oxygens (including phenoxy) is 1. The van der Waals surface area contributed by atoms with Gasteiger partial charge < -0.3 is 4.74 Å². The zero-order valence-corrected chi connectivity index (χ0v) is 17.2. The zero-order chi connectivity index (χ0) is 21.0. The van der Waals surface area contributed by atoms with E-state index in [9.17, 15) is 18.0 Å². The van der Waals surface area contributed by atoms with Crippen molar-refractivity contribution in [1.82, 2.24) is 4.47 Å². The van der Waals surface area contributed by atoms with E-state index in [1.54, 1.807) is 6.07 Å². The summed E-state index contributed by atoms with van der Waals surface area (Å²) in [5.41, 5.74) is 2.99. The third-order valence-electron chi connectivity index (χ3n) is 4.97. The molecule has 0 spiro atoms. The Kier molecular flexibility index (Phi) is 6.46. The standard InChI is InChI=1S/C21H23NO6S/c1-22(27-2)29(25,26)19-9-5-8-18(13-19)21(24)28-14-20(23)17-11-10-15-6-3-4-7-16(15)12-17/h5,8-13H,3-4,6-7,14H2,1-2H3. The molecule has 7 nitrogen and oxygen atoms in total. The number of rotatable bonds is 7. The molecule has 0 radical (unpaired) electrons. The van der Waals surface area contributed by atoms with Gasteiger partial charge in [-0.05, 0) is 61.1 Å². The highest BCUT2D eigenvalue weighted by Crippen LogP contribution is 2.22. The molecule has 154 valence electrons. The molecule has 0 N–H and O–H groups in total. The molecular weight excluding hydrogens is 394 g/mol. The van der Waals surface area contributed by atoms with Gasteiger partial charge in [-0.25, -0.2) is 13.2 Å². The number of esters is 1. The van der Waals surface area contributed by atoms with E-state index < -0.39 is 22.6 Å². The van der Waals surface area contributed by atoms with Crippen LogP contribution in [0.4, 0.5) is 0 Å². The van der Waals surface area contributed by atoms with Gasteiger partial charge >= 0.3 is 5.97 Å². The summed E-state index contributed by atoms with van der Waals surface area (Å²) >= 11 is 0. The molecule has 1 aliphatic carbocycles. The lowest BCUT2D eigenvalue weighted by Gasteiger charge is -2.16. The summed E-state index contributed by atoms with van der Waals surface area (Å²) in [5.74, 6) is -1.07. The van der Waals surface area contributed by atoms with Gasteiger partial charge in [-0.2, -0.15) is 0 Å². The zero-order valence-electron chi connectivity index (χ0n) is 16.4. The largest absolute Gasteiger partial charge is 0.454 e. The van der Waals surface area contributed by atoms with Crippen LogP contribution in [-0.4, -0.2) is 45.4 Å². The van der Waals surface area contributed by atoms with Crippen molar-refractivity contribution < 1.29 is 27.6 Å². The van der Waals surface area contributed by atoms with Gasteiger partial charge in [0, 0.05) is 12.6 Å². The number of hydrogen-bond acceptors (Lipinski definition) is 6. The number of carbonyl (C=O) groups excluding carboxylic acids is 2. The Bertz CT molecular complexity index is 1030. The molecule has 2 aromatic rings. The fourth-order valence-corrected chi connectivity index (χ4v) is 4.25. The van der Waals surface area contributed by atoms with Gasteiger partial charge in [0.05, 0.1) is 17.6 Å². The molecule has 0 aliphatic heterocycles. The van der Waals surface area contributed by atoms with Crippen LogP contribution < -0.4 is 0 Å². The number of nitrogens with zero attached hydrogens (tertiary/aromatic N) is 1. The van der Waals surface area contributed by atoms with Crippen molar-refractivity contribution in [1.29, 1.82) is 0 Å². The molecular formula is C21H23NO6S. The van der Waals surface area contributed by atoms with Crippen molar-refractivity contribution in [3.63, 3.8) is 0 Å². The summed E-state index contributed by atoms with van der Waals surface area (Å²) in [7, 11) is -1.42. The molecule has 29 heavy (non-hydrogen) atoms. The molecule has 0 bridgehead atoms. The van der Waals surface area contributed by atoms with Crippen LogP contribution in [0.25, 0.3) is 0 Å². The van der Waals surface area contributed by atoms with E-state index in [1.165, 1.54) is 49.5 Å². The first-order chi connectivity index (χ1) is 13.8. The molecule has 0 saturated carbocycles. The highest BCUT2D eigenvalue weighted by molar-refractivity contribution is 7.89. The van der Waals surface area contributed by atoms with Gasteiger partial charge in [-0.1, -0.05) is 22.7 Å². The Hall–Kier alpha value is -2.55. The normalized spacial score (nSPS) is 13.8. The predicted molar refractivity (Wildman–Crippen MR) is 106 cm³/mol. The van der Waals surface area contributed by atoms with Crippen molar-refractivity contribution in [3.05, 3.63) is 64.7 Å². The second kappa shape index (κ2) is 8.86. The smallest absolute Gasteiger partial charge is 0.338 e. The minimum atomic E-state index is -3.89. The number of aryl methyl sites for hydroxylation is 2. The van der Waals surface area contributed by atoms with E-state index >= 15 is 0 Å². The van der Waals surface area contributed by atoms with Crippen LogP contribution >= 0.6 is 0 Å². The molecule has 0 atom stereocenters. The third kappa shape index (κ3) is 4.72. The number of hydrogen-bond donors (Lipinski definition) is 0. The highest BCUT2D eigenvalue weighted by Gasteiger charge is 2.22. The topological polar surface area (TPSA) is 90.0 Å². The SMILES string of the molecule is CON(C)S(=O)(=O)c1cccc(C(=O)OCC(=O)c2ccc3c(c2)CCCC3)c1. The lowest BCUT2D eigenvalue weighted by molar-refractivity contribution is -0.0258. The molecule has 0 unspecified atom stereocenters. The minimum Gasteiger partial charge on any atom is -0.454 e. The minimum absolute atomic E-state index is 0.0359. The maximum atomic E-state index is 12.4. The van der Waals surface area contributed by atoms with Crippen molar-refractivity contribution in [2.45, 2.75) is 30.6 Å². The average molecular weight is 417 g/mol. The van der Waals surface area contributed by atoms with Crippen LogP contribution in [0.5, 0.6) is 0 Å². The number of hydroxylamine groups is 1. The summed E-state index contributed by atoms with van der Waals surface area (Å²) in [4.78, 5) is 29.3. The monoisotopic (exact) mass is 417 g/mol. The lowest BCUT2D eigenvalue weighted by atomic mass is 9.90. The molecule has 0 aromatic heterocycles. The number of ketones is 1. The maximum Gasteiger partial charge on any atom is 0.338 e. The fraction of sp³-hybridized carbons (Fsp3) is 0.333. The number of sulfonamides is 1. The molecule has 1 aliphatic rings. The number of benzene rings is 2. The van der Waals surface area contributed by atoms with E-state index in [4.69, 9.17) is 9.57 Å². The quantitative estimate of drug-likeness (QED) is 0.391. The molecule has 0 fully saturated rings. The van der Waals surface area contributed by atoms with Crippen molar-refractivity contribution in [2.24, 2.45) is 0 Å². The summed E-state index contributed by atoms with van der Waals surface area (Å²) in [5, 5.41) is 0. The Morgan fingerprint density at radius 2 is 1.72 bits per heavy atom. The van der Waals surface area contributed by atoms with Crippen LogP contribution in [0.15, 0.2) is 47.4 Å². The first-order valence-corrected chi connectivity index (χ1v) is 10.7. The Morgan fingerprint density at radius 3 is 2.45 bits per heavy atom. The summed E-state index contributed by atoms with van der Waals surface area (Å²) < 4.78 is 30.4. The summed E-state index contributed by atoms with van der Waals surface area (Å²) in [6.45, 7) is -0.410. The summed E-state index contributed by atoms with van der Waals surface area (Å²) in [6.07, 6.45) is 4.24. The van der Waals surface area contributed by atoms with Crippen LogP contribution in [0.2, 0.25) is 0 Å². The van der Waals surface area contributed by atoms with Gasteiger partial charge in [-0.15, -0.1) is 0 Å². The van der Waals surface area contributed by atoms with E-state index in [1.807, 2.05) is 12.1 Å². The van der Waals surface area contributed by atoms with E-state index in [0.29, 0.717) is 10.0 Å². The highest BCUT2D eigenvalue weighted by atomic mass is 32.2. The second-order valence-electron chi connectivity index (χ2n) is 6.82. The van der Waals surface area contributed by atoms with Crippen molar-refractivity contribution in [2.75, 3.05) is 20.8 Å². The molecule has 0 saturated heterocycles. The molecule has 3 rings (SSSR count). The van der Waals surface area contributed by atoms with Gasteiger partial charge in [0.1, 0.15) is 0 Å². The van der Waals surface area contributed by atoms with E-state index in [-0.39, 0.29) is 16.2 Å². The van der Waals surface area contributed by atoms with Gasteiger partial charge in [0.25, 0.3) is 10.0 Å². The first kappa shape index (κ1) is 21.2. The molecule has 8 heteroatoms. The van der Waals surface area contributed by atoms with Crippen LogP contribution in [0.1, 0.15) is 44.7 Å². The number of Topliss-reactive ketones (excluding diaryl/α,β-unsaturated/α-hetero) is 1. The molecule has 0 amide bonds. The first-order valence-electron chi connectivity index (χ1n) is 9.28.